The maximum absolute atomic E-state index is 12.5. The molecule has 1 amide bonds. The number of hydrogen-bond donors (Lipinski definition) is 0. The van der Waals surface area contributed by atoms with Gasteiger partial charge in [-0.05, 0) is 22.7 Å². The second-order valence-corrected chi connectivity index (χ2v) is 6.98. The summed E-state index contributed by atoms with van der Waals surface area (Å²) in [6.45, 7) is 1.57. The zero-order valence-corrected chi connectivity index (χ0v) is 15.9. The molecule has 0 bridgehead atoms. The highest BCUT2D eigenvalue weighted by molar-refractivity contribution is 5.48. The van der Waals surface area contributed by atoms with Crippen molar-refractivity contribution in [2.24, 2.45) is 0 Å². The molecule has 2 heterocycles. The number of ether oxygens (including phenoxy) is 2. The summed E-state index contributed by atoms with van der Waals surface area (Å²) in [5, 5.41) is 3.78. The fraction of sp³-hybridized carbons (Fsp3) is 0.526. The standard InChI is InChI=1S/C19H22F3N3O4/c1-27-6-7-28-18-23-17(29-24-18)16-8-15(10-25(11-16)12-26)14-4-2-13(3-5-14)9-19(20,21)22/h2-5,12,15-16H,6-11H2,1H3. The summed E-state index contributed by atoms with van der Waals surface area (Å²) in [5.41, 5.74) is 1.07. The molecule has 7 nitrogen and oxygen atoms in total. The van der Waals surface area contributed by atoms with Gasteiger partial charge < -0.3 is 18.9 Å². The number of rotatable bonds is 8. The van der Waals surface area contributed by atoms with Crippen molar-refractivity contribution >= 4 is 6.41 Å². The summed E-state index contributed by atoms with van der Waals surface area (Å²) in [4.78, 5) is 17.2. The summed E-state index contributed by atoms with van der Waals surface area (Å²) >= 11 is 0. The van der Waals surface area contributed by atoms with E-state index in [1.165, 1.54) is 12.1 Å². The van der Waals surface area contributed by atoms with E-state index in [0.29, 0.717) is 32.0 Å². The van der Waals surface area contributed by atoms with Crippen molar-refractivity contribution in [2.45, 2.75) is 30.9 Å². The van der Waals surface area contributed by atoms with E-state index >= 15 is 0 Å². The molecule has 2 atom stereocenters. The second kappa shape index (κ2) is 9.25. The lowest BCUT2D eigenvalue weighted by Gasteiger charge is -2.34. The number of benzene rings is 1. The Morgan fingerprint density at radius 3 is 2.59 bits per heavy atom. The summed E-state index contributed by atoms with van der Waals surface area (Å²) in [5.74, 6) is 0.118. The Morgan fingerprint density at radius 2 is 1.93 bits per heavy atom. The van der Waals surface area contributed by atoms with Crippen molar-refractivity contribution in [3.8, 4) is 6.01 Å². The molecule has 0 aliphatic carbocycles. The highest BCUT2D eigenvalue weighted by atomic mass is 19.4. The van der Waals surface area contributed by atoms with Crippen LogP contribution >= 0.6 is 0 Å². The fourth-order valence-corrected chi connectivity index (χ4v) is 3.44. The van der Waals surface area contributed by atoms with E-state index in [1.807, 2.05) is 0 Å². The molecule has 1 aromatic carbocycles. The summed E-state index contributed by atoms with van der Waals surface area (Å²) in [7, 11) is 1.55. The lowest BCUT2D eigenvalue weighted by molar-refractivity contribution is -0.127. The number of likely N-dealkylation sites (tertiary alicyclic amines) is 1. The van der Waals surface area contributed by atoms with Crippen molar-refractivity contribution in [1.29, 1.82) is 0 Å². The maximum atomic E-state index is 12.5. The number of piperidine rings is 1. The minimum Gasteiger partial charge on any atom is -0.459 e. The summed E-state index contributed by atoms with van der Waals surface area (Å²) < 4.78 is 53.1. The Kier molecular flexibility index (Phi) is 6.73. The number of alkyl halides is 3. The van der Waals surface area contributed by atoms with Gasteiger partial charge in [-0.25, -0.2) is 0 Å². The Balaban J connectivity index is 1.70. The molecule has 158 valence electrons. The molecule has 10 heteroatoms. The highest BCUT2D eigenvalue weighted by Crippen LogP contribution is 2.35. The zero-order valence-electron chi connectivity index (χ0n) is 15.9. The number of amides is 1. The van der Waals surface area contributed by atoms with Crippen LogP contribution in [0.1, 0.15) is 35.3 Å². The van der Waals surface area contributed by atoms with Crippen LogP contribution in [-0.2, 0) is 16.0 Å². The molecule has 0 spiro atoms. The van der Waals surface area contributed by atoms with E-state index in [0.717, 1.165) is 12.0 Å². The van der Waals surface area contributed by atoms with E-state index in [2.05, 4.69) is 10.1 Å². The van der Waals surface area contributed by atoms with Gasteiger partial charge in [0.05, 0.1) is 18.9 Å². The molecule has 29 heavy (non-hydrogen) atoms. The summed E-state index contributed by atoms with van der Waals surface area (Å²) in [6, 6.07) is 6.43. The summed E-state index contributed by atoms with van der Waals surface area (Å²) in [6.07, 6.45) is -3.83. The van der Waals surface area contributed by atoms with Gasteiger partial charge in [-0.15, -0.1) is 0 Å². The van der Waals surface area contributed by atoms with Gasteiger partial charge in [0.25, 0.3) is 0 Å². The maximum Gasteiger partial charge on any atom is 0.393 e. The van der Waals surface area contributed by atoms with Crippen LogP contribution in [0.3, 0.4) is 0 Å². The first-order chi connectivity index (χ1) is 13.9. The van der Waals surface area contributed by atoms with Crippen LogP contribution < -0.4 is 4.74 Å². The molecule has 1 aliphatic rings. The average Bonchev–Trinajstić information content (AvgIpc) is 3.16. The number of methoxy groups -OCH3 is 1. The highest BCUT2D eigenvalue weighted by Gasteiger charge is 2.33. The third-order valence-electron chi connectivity index (χ3n) is 4.77. The van der Waals surface area contributed by atoms with Gasteiger partial charge in [-0.2, -0.15) is 18.2 Å². The van der Waals surface area contributed by atoms with Crippen molar-refractivity contribution in [3.05, 3.63) is 41.3 Å². The normalized spacial score (nSPS) is 19.9. The number of halogens is 3. The van der Waals surface area contributed by atoms with E-state index in [4.69, 9.17) is 14.0 Å². The zero-order chi connectivity index (χ0) is 20.9. The smallest absolute Gasteiger partial charge is 0.393 e. The SMILES string of the molecule is COCCOc1noc(C2CC(c3ccc(CC(F)(F)F)cc3)CN(C=O)C2)n1. The second-order valence-electron chi connectivity index (χ2n) is 6.98. The lowest BCUT2D eigenvalue weighted by Crippen LogP contribution is -2.37. The van der Waals surface area contributed by atoms with Crippen molar-refractivity contribution in [1.82, 2.24) is 15.0 Å². The molecule has 0 saturated carbocycles. The van der Waals surface area contributed by atoms with E-state index in [-0.39, 0.29) is 30.0 Å². The molecule has 0 N–H and O–H groups in total. The Bertz CT molecular complexity index is 795. The molecular formula is C19H22F3N3O4. The van der Waals surface area contributed by atoms with Crippen molar-refractivity contribution in [3.63, 3.8) is 0 Å². The molecule has 2 unspecified atom stereocenters. The van der Waals surface area contributed by atoms with Crippen LogP contribution in [0.4, 0.5) is 13.2 Å². The van der Waals surface area contributed by atoms with Crippen molar-refractivity contribution < 1.29 is 32.0 Å². The minimum atomic E-state index is -4.24. The van der Waals surface area contributed by atoms with Gasteiger partial charge in [-0.1, -0.05) is 24.3 Å². The van der Waals surface area contributed by atoms with Crippen LogP contribution in [0.5, 0.6) is 6.01 Å². The van der Waals surface area contributed by atoms with Crippen LogP contribution in [0.25, 0.3) is 0 Å². The average molecular weight is 413 g/mol. The van der Waals surface area contributed by atoms with Gasteiger partial charge in [-0.3, -0.25) is 4.79 Å². The van der Waals surface area contributed by atoms with Crippen molar-refractivity contribution in [2.75, 3.05) is 33.4 Å². The molecular weight excluding hydrogens is 391 g/mol. The molecule has 1 saturated heterocycles. The van der Waals surface area contributed by atoms with Crippen LogP contribution in [0.15, 0.2) is 28.8 Å². The number of carbonyl (C=O) groups is 1. The topological polar surface area (TPSA) is 77.7 Å². The molecule has 2 aromatic rings. The monoisotopic (exact) mass is 413 g/mol. The Labute approximate surface area is 165 Å². The van der Waals surface area contributed by atoms with Gasteiger partial charge >= 0.3 is 12.2 Å². The van der Waals surface area contributed by atoms with Gasteiger partial charge in [0.1, 0.15) is 6.61 Å². The molecule has 1 aromatic heterocycles. The van der Waals surface area contributed by atoms with Crippen LogP contribution in [0.2, 0.25) is 0 Å². The fourth-order valence-electron chi connectivity index (χ4n) is 3.44. The number of nitrogens with zero attached hydrogens (tertiary/aromatic N) is 3. The lowest BCUT2D eigenvalue weighted by atomic mass is 9.84. The molecule has 3 rings (SSSR count). The first-order valence-electron chi connectivity index (χ1n) is 9.18. The number of carbonyl (C=O) groups excluding carboxylic acids is 1. The van der Waals surface area contributed by atoms with Gasteiger partial charge in [0.15, 0.2) is 0 Å². The Morgan fingerprint density at radius 1 is 1.21 bits per heavy atom. The van der Waals surface area contributed by atoms with E-state index in [9.17, 15) is 18.0 Å². The van der Waals surface area contributed by atoms with E-state index < -0.39 is 12.6 Å². The minimum absolute atomic E-state index is 0.0522. The van der Waals surface area contributed by atoms with Gasteiger partial charge in [0, 0.05) is 26.1 Å². The quantitative estimate of drug-likeness (QED) is 0.489. The predicted molar refractivity (Wildman–Crippen MR) is 95.6 cm³/mol. The third-order valence-corrected chi connectivity index (χ3v) is 4.77. The molecule has 1 fully saturated rings. The van der Waals surface area contributed by atoms with Crippen LogP contribution in [0, 0.1) is 0 Å². The number of hydrogen-bond acceptors (Lipinski definition) is 6. The van der Waals surface area contributed by atoms with Crippen LogP contribution in [-0.4, -0.2) is 61.0 Å². The number of aromatic nitrogens is 2. The largest absolute Gasteiger partial charge is 0.459 e. The molecule has 0 radical (unpaired) electrons. The predicted octanol–water partition coefficient (Wildman–Crippen LogP) is 2.93. The Hall–Kier alpha value is -2.62. The van der Waals surface area contributed by atoms with E-state index in [1.54, 1.807) is 24.1 Å². The van der Waals surface area contributed by atoms with Gasteiger partial charge in [0.2, 0.25) is 12.3 Å². The third kappa shape index (κ3) is 5.93. The molecule has 1 aliphatic heterocycles. The first-order valence-corrected chi connectivity index (χ1v) is 9.18. The first kappa shape index (κ1) is 21.1.